The molecule has 20 heavy (non-hydrogen) atoms. The van der Waals surface area contributed by atoms with Gasteiger partial charge in [-0.05, 0) is 23.8 Å². The van der Waals surface area contributed by atoms with Crippen molar-refractivity contribution >= 4 is 17.4 Å². The fourth-order valence-corrected chi connectivity index (χ4v) is 2.21. The van der Waals surface area contributed by atoms with Crippen molar-refractivity contribution in [2.75, 3.05) is 14.2 Å². The lowest BCUT2D eigenvalue weighted by Gasteiger charge is -2.16. The molecule has 0 aliphatic carbocycles. The van der Waals surface area contributed by atoms with E-state index >= 15 is 0 Å². The van der Waals surface area contributed by atoms with Gasteiger partial charge in [0.05, 0.1) is 12.7 Å². The van der Waals surface area contributed by atoms with E-state index in [1.54, 1.807) is 18.2 Å². The first-order valence-corrected chi connectivity index (χ1v) is 6.50. The van der Waals surface area contributed by atoms with Crippen LogP contribution in [-0.4, -0.2) is 20.0 Å². The molecule has 4 heteroatoms. The Morgan fingerprint density at radius 1 is 1.10 bits per heavy atom. The Morgan fingerprint density at radius 2 is 1.80 bits per heavy atom. The summed E-state index contributed by atoms with van der Waals surface area (Å²) in [5, 5.41) is 0.483. The second-order valence-corrected chi connectivity index (χ2v) is 4.67. The van der Waals surface area contributed by atoms with E-state index in [4.69, 9.17) is 21.1 Å². The number of benzene rings is 2. The normalized spacial score (nSPS) is 11.9. The molecule has 104 valence electrons. The van der Waals surface area contributed by atoms with Crippen LogP contribution < -0.4 is 4.74 Å². The van der Waals surface area contributed by atoms with E-state index in [0.717, 1.165) is 5.56 Å². The summed E-state index contributed by atoms with van der Waals surface area (Å²) in [4.78, 5) is 12.6. The smallest absolute Gasteiger partial charge is 0.199 e. The van der Waals surface area contributed by atoms with Gasteiger partial charge in [-0.3, -0.25) is 4.79 Å². The maximum atomic E-state index is 12.6. The Bertz CT molecular complexity index is 596. The largest absolute Gasteiger partial charge is 0.496 e. The molecule has 0 amide bonds. The zero-order chi connectivity index (χ0) is 14.5. The summed E-state index contributed by atoms with van der Waals surface area (Å²) in [6.45, 7) is 0. The fourth-order valence-electron chi connectivity index (χ4n) is 2.04. The summed E-state index contributed by atoms with van der Waals surface area (Å²) in [5.74, 6) is 0.301. The van der Waals surface area contributed by atoms with E-state index in [1.807, 2.05) is 30.3 Å². The first-order valence-electron chi connectivity index (χ1n) is 6.13. The number of methoxy groups -OCH3 is 2. The molecule has 2 rings (SSSR count). The third kappa shape index (κ3) is 3.00. The number of hydrogen-bond donors (Lipinski definition) is 0. The SMILES string of the molecule is COc1ccc(Cl)cc1C(=O)C(OC)c1ccccc1. The van der Waals surface area contributed by atoms with E-state index < -0.39 is 6.10 Å². The van der Waals surface area contributed by atoms with Crippen molar-refractivity contribution < 1.29 is 14.3 Å². The molecule has 2 aromatic carbocycles. The van der Waals surface area contributed by atoms with Crippen LogP contribution in [0.25, 0.3) is 0 Å². The summed E-state index contributed by atoms with van der Waals surface area (Å²) in [5.41, 5.74) is 1.21. The zero-order valence-corrected chi connectivity index (χ0v) is 12.1. The fraction of sp³-hybridized carbons (Fsp3) is 0.188. The molecule has 2 aromatic rings. The second kappa shape index (κ2) is 6.55. The van der Waals surface area contributed by atoms with Gasteiger partial charge < -0.3 is 9.47 Å². The van der Waals surface area contributed by atoms with Gasteiger partial charge in [0.15, 0.2) is 5.78 Å². The van der Waals surface area contributed by atoms with E-state index in [2.05, 4.69) is 0 Å². The van der Waals surface area contributed by atoms with Crippen molar-refractivity contribution in [3.63, 3.8) is 0 Å². The molecule has 1 unspecified atom stereocenters. The predicted molar refractivity (Wildman–Crippen MR) is 78.5 cm³/mol. The van der Waals surface area contributed by atoms with Crippen molar-refractivity contribution in [1.29, 1.82) is 0 Å². The van der Waals surface area contributed by atoms with Gasteiger partial charge in [0.1, 0.15) is 11.9 Å². The molecule has 0 N–H and O–H groups in total. The van der Waals surface area contributed by atoms with E-state index in [1.165, 1.54) is 14.2 Å². The van der Waals surface area contributed by atoms with Gasteiger partial charge >= 0.3 is 0 Å². The number of halogens is 1. The Kier molecular flexibility index (Phi) is 4.77. The molecule has 0 heterocycles. The first-order chi connectivity index (χ1) is 9.67. The van der Waals surface area contributed by atoms with E-state index in [9.17, 15) is 4.79 Å². The second-order valence-electron chi connectivity index (χ2n) is 4.24. The summed E-state index contributed by atoms with van der Waals surface area (Å²) in [7, 11) is 3.02. The number of rotatable bonds is 5. The van der Waals surface area contributed by atoms with Crippen LogP contribution in [0, 0.1) is 0 Å². The molecular formula is C16H15ClO3. The lowest BCUT2D eigenvalue weighted by Crippen LogP contribution is -2.15. The predicted octanol–water partition coefficient (Wildman–Crippen LogP) is 3.92. The lowest BCUT2D eigenvalue weighted by molar-refractivity contribution is 0.0601. The van der Waals surface area contributed by atoms with Crippen LogP contribution in [0.4, 0.5) is 0 Å². The van der Waals surface area contributed by atoms with Gasteiger partial charge in [0.2, 0.25) is 0 Å². The number of carbonyl (C=O) groups excluding carboxylic acids is 1. The van der Waals surface area contributed by atoms with Crippen molar-refractivity contribution in [3.8, 4) is 5.75 Å². The van der Waals surface area contributed by atoms with E-state index in [0.29, 0.717) is 16.3 Å². The van der Waals surface area contributed by atoms with Crippen molar-refractivity contribution in [3.05, 3.63) is 64.7 Å². The molecule has 0 saturated carbocycles. The number of hydrogen-bond acceptors (Lipinski definition) is 3. The van der Waals surface area contributed by atoms with Crippen molar-refractivity contribution in [2.24, 2.45) is 0 Å². The summed E-state index contributed by atoms with van der Waals surface area (Å²) in [6.07, 6.45) is -0.677. The Morgan fingerprint density at radius 3 is 2.40 bits per heavy atom. The molecule has 0 radical (unpaired) electrons. The Balaban J connectivity index is 2.41. The third-order valence-electron chi connectivity index (χ3n) is 3.00. The van der Waals surface area contributed by atoms with E-state index in [-0.39, 0.29) is 5.78 Å². The van der Waals surface area contributed by atoms with Gasteiger partial charge in [-0.25, -0.2) is 0 Å². The number of carbonyl (C=O) groups is 1. The van der Waals surface area contributed by atoms with Crippen LogP contribution in [0.15, 0.2) is 48.5 Å². The minimum Gasteiger partial charge on any atom is -0.496 e. The molecule has 0 bridgehead atoms. The van der Waals surface area contributed by atoms with Crippen LogP contribution in [0.3, 0.4) is 0 Å². The van der Waals surface area contributed by atoms with Crippen molar-refractivity contribution in [2.45, 2.75) is 6.10 Å². The number of ketones is 1. The molecule has 1 atom stereocenters. The highest BCUT2D eigenvalue weighted by molar-refractivity contribution is 6.31. The monoisotopic (exact) mass is 290 g/mol. The number of ether oxygens (including phenoxy) is 2. The topological polar surface area (TPSA) is 35.5 Å². The highest BCUT2D eigenvalue weighted by Crippen LogP contribution is 2.29. The van der Waals surface area contributed by atoms with Crippen LogP contribution in [0.1, 0.15) is 22.0 Å². The molecule has 0 spiro atoms. The molecular weight excluding hydrogens is 276 g/mol. The average Bonchev–Trinajstić information content (AvgIpc) is 2.49. The minimum atomic E-state index is -0.677. The number of Topliss-reactive ketones (excluding diaryl/α,β-unsaturated/α-hetero) is 1. The van der Waals surface area contributed by atoms with Gasteiger partial charge in [0.25, 0.3) is 0 Å². The molecule has 3 nitrogen and oxygen atoms in total. The van der Waals surface area contributed by atoms with Gasteiger partial charge in [-0.1, -0.05) is 41.9 Å². The van der Waals surface area contributed by atoms with Gasteiger partial charge in [-0.2, -0.15) is 0 Å². The summed E-state index contributed by atoms with van der Waals surface area (Å²) in [6, 6.07) is 14.3. The molecule has 0 saturated heterocycles. The van der Waals surface area contributed by atoms with Crippen molar-refractivity contribution in [1.82, 2.24) is 0 Å². The summed E-state index contributed by atoms with van der Waals surface area (Å²) < 4.78 is 10.6. The Hall–Kier alpha value is -1.84. The molecule has 0 fully saturated rings. The lowest BCUT2D eigenvalue weighted by atomic mass is 9.99. The van der Waals surface area contributed by atoms with Crippen LogP contribution in [0.5, 0.6) is 5.75 Å². The highest BCUT2D eigenvalue weighted by atomic mass is 35.5. The van der Waals surface area contributed by atoms with Crippen LogP contribution in [0.2, 0.25) is 5.02 Å². The highest BCUT2D eigenvalue weighted by Gasteiger charge is 2.24. The zero-order valence-electron chi connectivity index (χ0n) is 11.3. The minimum absolute atomic E-state index is 0.182. The van der Waals surface area contributed by atoms with Crippen LogP contribution >= 0.6 is 11.6 Å². The summed E-state index contributed by atoms with van der Waals surface area (Å²) >= 11 is 5.96. The third-order valence-corrected chi connectivity index (χ3v) is 3.24. The average molecular weight is 291 g/mol. The first kappa shape index (κ1) is 14.6. The van der Waals surface area contributed by atoms with Crippen LogP contribution in [-0.2, 0) is 4.74 Å². The Labute approximate surface area is 123 Å². The molecule has 0 aromatic heterocycles. The maximum absolute atomic E-state index is 12.6. The maximum Gasteiger partial charge on any atom is 0.199 e. The molecule has 0 aliphatic heterocycles. The van der Waals surface area contributed by atoms with Gasteiger partial charge in [0, 0.05) is 12.1 Å². The van der Waals surface area contributed by atoms with Gasteiger partial charge in [-0.15, -0.1) is 0 Å². The molecule has 0 aliphatic rings. The standard InChI is InChI=1S/C16H15ClO3/c1-19-14-9-8-12(17)10-13(14)15(18)16(20-2)11-6-4-3-5-7-11/h3-10,16H,1-2H3. The quantitative estimate of drug-likeness (QED) is 0.783.